The molecular weight excluding hydrogens is 325 g/mol. The molecule has 0 spiro atoms. The van der Waals surface area contributed by atoms with Crippen molar-refractivity contribution in [3.05, 3.63) is 30.3 Å². The van der Waals surface area contributed by atoms with E-state index in [9.17, 15) is 12.8 Å². The van der Waals surface area contributed by atoms with Gasteiger partial charge in [-0.1, -0.05) is 6.07 Å². The van der Waals surface area contributed by atoms with Gasteiger partial charge in [-0.25, -0.2) is 22.8 Å². The Labute approximate surface area is 132 Å². The molecular formula is C13H16FN5O3S. The van der Waals surface area contributed by atoms with Crippen LogP contribution in [0.5, 0.6) is 5.88 Å². The van der Waals surface area contributed by atoms with E-state index in [2.05, 4.69) is 20.1 Å². The van der Waals surface area contributed by atoms with Crippen molar-refractivity contribution >= 4 is 15.8 Å². The Bertz CT molecular complexity index is 793. The molecule has 0 radical (unpaired) electrons. The van der Waals surface area contributed by atoms with Gasteiger partial charge in [-0.05, 0) is 12.1 Å². The lowest BCUT2D eigenvalue weighted by Crippen LogP contribution is -2.29. The molecule has 2 aromatic heterocycles. The first-order valence-electron chi connectivity index (χ1n) is 7.11. The first-order chi connectivity index (χ1) is 11.1. The highest BCUT2D eigenvalue weighted by atomic mass is 32.2. The lowest BCUT2D eigenvalue weighted by molar-refractivity contribution is 0.224. The molecule has 3 rings (SSSR count). The number of pyridine rings is 1. The van der Waals surface area contributed by atoms with Gasteiger partial charge in [0.2, 0.25) is 21.9 Å². The van der Waals surface area contributed by atoms with E-state index >= 15 is 0 Å². The zero-order valence-electron chi connectivity index (χ0n) is 12.2. The predicted octanol–water partition coefficient (Wildman–Crippen LogP) is 0.590. The zero-order chi connectivity index (χ0) is 16.3. The molecule has 1 aliphatic heterocycles. The number of nitrogens with one attached hydrogen (secondary N) is 2. The number of hydrogen-bond donors (Lipinski definition) is 2. The summed E-state index contributed by atoms with van der Waals surface area (Å²) in [6.45, 7) is 1.49. The molecule has 0 saturated carbocycles. The summed E-state index contributed by atoms with van der Waals surface area (Å²) in [6, 6.07) is 4.35. The lowest BCUT2D eigenvalue weighted by atomic mass is 10.4. The number of aryl methyl sites for hydroxylation is 1. The molecule has 2 aromatic rings. The maximum atomic E-state index is 12.9. The van der Waals surface area contributed by atoms with Gasteiger partial charge in [-0.3, -0.25) is 0 Å². The number of anilines is 1. The van der Waals surface area contributed by atoms with Crippen molar-refractivity contribution in [2.45, 2.75) is 17.9 Å². The monoisotopic (exact) mass is 341 g/mol. The molecule has 23 heavy (non-hydrogen) atoms. The molecule has 0 amide bonds. The van der Waals surface area contributed by atoms with Gasteiger partial charge >= 0.3 is 0 Å². The Morgan fingerprint density at radius 1 is 1.35 bits per heavy atom. The maximum Gasteiger partial charge on any atom is 0.247 e. The summed E-state index contributed by atoms with van der Waals surface area (Å²) >= 11 is 0. The SMILES string of the molecule is O=S(=O)(NCCNc1cccc(F)n1)c1cnn2c1OCCC2. The highest BCUT2D eigenvalue weighted by Crippen LogP contribution is 2.26. The highest BCUT2D eigenvalue weighted by Gasteiger charge is 2.26. The topological polar surface area (TPSA) is 98.1 Å². The molecule has 3 heterocycles. The van der Waals surface area contributed by atoms with E-state index in [0.29, 0.717) is 19.0 Å². The van der Waals surface area contributed by atoms with Crippen molar-refractivity contribution in [2.75, 3.05) is 25.0 Å². The standard InChI is InChI=1S/C13H16FN5O3S/c14-11-3-1-4-12(18-11)15-5-6-17-23(20,21)10-9-16-19-7-2-8-22-13(10)19/h1,3-4,9,17H,2,5-8H2,(H,15,18). The second-order valence-electron chi connectivity index (χ2n) is 4.91. The van der Waals surface area contributed by atoms with E-state index in [1.165, 1.54) is 23.0 Å². The van der Waals surface area contributed by atoms with Crippen molar-refractivity contribution in [3.63, 3.8) is 0 Å². The average Bonchev–Trinajstić information content (AvgIpc) is 2.97. The molecule has 2 N–H and O–H groups in total. The van der Waals surface area contributed by atoms with E-state index in [4.69, 9.17) is 4.74 Å². The largest absolute Gasteiger partial charge is 0.477 e. The molecule has 0 aromatic carbocycles. The quantitative estimate of drug-likeness (QED) is 0.589. The number of sulfonamides is 1. The van der Waals surface area contributed by atoms with Crippen molar-refractivity contribution in [3.8, 4) is 5.88 Å². The minimum absolute atomic E-state index is 0.0288. The van der Waals surface area contributed by atoms with E-state index in [1.807, 2.05) is 0 Å². The fraction of sp³-hybridized carbons (Fsp3) is 0.385. The summed E-state index contributed by atoms with van der Waals surface area (Å²) in [5.74, 6) is 0.0122. The molecule has 10 heteroatoms. The van der Waals surface area contributed by atoms with Gasteiger partial charge in [0.1, 0.15) is 5.82 Å². The third-order valence-corrected chi connectivity index (χ3v) is 4.68. The van der Waals surface area contributed by atoms with Crippen molar-refractivity contribution < 1.29 is 17.5 Å². The summed E-state index contributed by atoms with van der Waals surface area (Å²) in [5.41, 5.74) is 0. The minimum atomic E-state index is -3.71. The van der Waals surface area contributed by atoms with Crippen LogP contribution in [0.1, 0.15) is 6.42 Å². The third-order valence-electron chi connectivity index (χ3n) is 3.24. The van der Waals surface area contributed by atoms with Crippen LogP contribution in [-0.2, 0) is 16.6 Å². The Balaban J connectivity index is 1.58. The zero-order valence-corrected chi connectivity index (χ0v) is 13.0. The van der Waals surface area contributed by atoms with Gasteiger partial charge in [-0.15, -0.1) is 0 Å². The molecule has 0 atom stereocenters. The van der Waals surface area contributed by atoms with Crippen LogP contribution in [0.4, 0.5) is 10.2 Å². The van der Waals surface area contributed by atoms with Gasteiger partial charge in [0.05, 0.1) is 12.8 Å². The molecule has 0 aliphatic carbocycles. The smallest absolute Gasteiger partial charge is 0.247 e. The average molecular weight is 341 g/mol. The second-order valence-corrected chi connectivity index (χ2v) is 6.64. The Morgan fingerprint density at radius 3 is 3.04 bits per heavy atom. The number of hydrogen-bond acceptors (Lipinski definition) is 6. The Kier molecular flexibility index (Phi) is 4.44. The highest BCUT2D eigenvalue weighted by molar-refractivity contribution is 7.89. The van der Waals surface area contributed by atoms with E-state index in [0.717, 1.165) is 6.42 Å². The first kappa shape index (κ1) is 15.7. The van der Waals surface area contributed by atoms with Gasteiger partial charge in [-0.2, -0.15) is 9.49 Å². The van der Waals surface area contributed by atoms with Gasteiger partial charge < -0.3 is 10.1 Å². The maximum absolute atomic E-state index is 12.9. The Hall–Kier alpha value is -2.20. The number of fused-ring (bicyclic) bond motifs is 1. The fourth-order valence-corrected chi connectivity index (χ4v) is 3.30. The van der Waals surface area contributed by atoms with E-state index in [1.54, 1.807) is 6.07 Å². The Morgan fingerprint density at radius 2 is 2.22 bits per heavy atom. The van der Waals surface area contributed by atoms with Crippen LogP contribution in [-0.4, -0.2) is 42.9 Å². The summed E-state index contributed by atoms with van der Waals surface area (Å²) in [6.07, 6.45) is 2.08. The van der Waals surface area contributed by atoms with Crippen LogP contribution in [0.15, 0.2) is 29.3 Å². The van der Waals surface area contributed by atoms with Crippen molar-refractivity contribution in [1.82, 2.24) is 19.5 Å². The molecule has 124 valence electrons. The summed E-state index contributed by atoms with van der Waals surface area (Å²) < 4.78 is 46.9. The molecule has 0 saturated heterocycles. The fourth-order valence-electron chi connectivity index (χ4n) is 2.19. The number of aromatic nitrogens is 3. The van der Waals surface area contributed by atoms with Crippen LogP contribution >= 0.6 is 0 Å². The van der Waals surface area contributed by atoms with Crippen molar-refractivity contribution in [2.24, 2.45) is 0 Å². The van der Waals surface area contributed by atoms with Gasteiger partial charge in [0.25, 0.3) is 0 Å². The second kappa shape index (κ2) is 6.50. The van der Waals surface area contributed by atoms with Gasteiger partial charge in [0, 0.05) is 26.1 Å². The lowest BCUT2D eigenvalue weighted by Gasteiger charge is -2.16. The van der Waals surface area contributed by atoms with Crippen molar-refractivity contribution in [1.29, 1.82) is 0 Å². The molecule has 0 fully saturated rings. The normalized spacial score (nSPS) is 14.1. The summed E-state index contributed by atoms with van der Waals surface area (Å²) in [5, 5.41) is 6.85. The third kappa shape index (κ3) is 3.59. The summed E-state index contributed by atoms with van der Waals surface area (Å²) in [7, 11) is -3.71. The predicted molar refractivity (Wildman–Crippen MR) is 80.2 cm³/mol. The molecule has 0 bridgehead atoms. The number of nitrogens with zero attached hydrogens (tertiary/aromatic N) is 3. The van der Waals surface area contributed by atoms with E-state index in [-0.39, 0.29) is 23.9 Å². The first-order valence-corrected chi connectivity index (χ1v) is 8.59. The molecule has 8 nitrogen and oxygen atoms in total. The van der Waals surface area contributed by atoms with E-state index < -0.39 is 16.0 Å². The number of rotatable bonds is 6. The number of halogens is 1. The summed E-state index contributed by atoms with van der Waals surface area (Å²) in [4.78, 5) is 3.66. The van der Waals surface area contributed by atoms with Crippen LogP contribution in [0.3, 0.4) is 0 Å². The molecule has 1 aliphatic rings. The van der Waals surface area contributed by atoms with Crippen LogP contribution < -0.4 is 14.8 Å². The minimum Gasteiger partial charge on any atom is -0.477 e. The van der Waals surface area contributed by atoms with Crippen LogP contribution in [0, 0.1) is 5.95 Å². The van der Waals surface area contributed by atoms with Crippen LogP contribution in [0.25, 0.3) is 0 Å². The van der Waals surface area contributed by atoms with Crippen LogP contribution in [0.2, 0.25) is 0 Å². The van der Waals surface area contributed by atoms with Gasteiger partial charge in [0.15, 0.2) is 4.90 Å². The molecule has 0 unspecified atom stereocenters. The number of ether oxygens (including phenoxy) is 1.